The minimum Gasteiger partial charge on any atom is -0.494 e. The summed E-state index contributed by atoms with van der Waals surface area (Å²) < 4.78 is 6.90. The number of rotatable bonds is 11. The van der Waals surface area contributed by atoms with Crippen LogP contribution in [0.4, 0.5) is 0 Å². The molecule has 0 heterocycles. The first-order chi connectivity index (χ1) is 12.5. The summed E-state index contributed by atoms with van der Waals surface area (Å²) in [7, 11) is 0. The van der Waals surface area contributed by atoms with E-state index in [1.54, 1.807) is 0 Å². The largest absolute Gasteiger partial charge is 0.494 e. The van der Waals surface area contributed by atoms with E-state index in [9.17, 15) is 10.2 Å². The summed E-state index contributed by atoms with van der Waals surface area (Å²) in [6, 6.07) is 16.4. The highest BCUT2D eigenvalue weighted by atomic mass is 79.9. The molecule has 0 aromatic heterocycles. The molecule has 142 valence electrons. The van der Waals surface area contributed by atoms with Gasteiger partial charge in [-0.3, -0.25) is 0 Å². The molecule has 0 saturated carbocycles. The van der Waals surface area contributed by atoms with E-state index in [-0.39, 0.29) is 13.2 Å². The minimum atomic E-state index is -0.913. The Bertz CT molecular complexity index is 639. The van der Waals surface area contributed by atoms with E-state index < -0.39 is 5.54 Å². The fraction of sp³-hybridized carbons (Fsp3) is 0.429. The highest BCUT2D eigenvalue weighted by molar-refractivity contribution is 9.10. The summed E-state index contributed by atoms with van der Waals surface area (Å²) in [5.74, 6) is 0.862. The van der Waals surface area contributed by atoms with Gasteiger partial charge < -0.3 is 20.7 Å². The van der Waals surface area contributed by atoms with Gasteiger partial charge in [0.05, 0.1) is 25.4 Å². The number of nitrogens with two attached hydrogens (primary N) is 1. The van der Waals surface area contributed by atoms with Crippen LogP contribution in [0.2, 0.25) is 0 Å². The molecule has 0 aliphatic carbocycles. The van der Waals surface area contributed by atoms with Crippen molar-refractivity contribution in [3.63, 3.8) is 0 Å². The summed E-state index contributed by atoms with van der Waals surface area (Å²) in [6.07, 6.45) is 4.43. The van der Waals surface area contributed by atoms with E-state index in [4.69, 9.17) is 10.5 Å². The van der Waals surface area contributed by atoms with Crippen LogP contribution in [0.1, 0.15) is 30.4 Å². The van der Waals surface area contributed by atoms with Crippen LogP contribution in [0.3, 0.4) is 0 Å². The molecule has 0 fully saturated rings. The van der Waals surface area contributed by atoms with Gasteiger partial charge in [-0.05, 0) is 67.5 Å². The Balaban J connectivity index is 1.66. The topological polar surface area (TPSA) is 75.7 Å². The lowest BCUT2D eigenvalue weighted by Crippen LogP contribution is -2.47. The van der Waals surface area contributed by atoms with Crippen molar-refractivity contribution in [3.8, 4) is 5.75 Å². The van der Waals surface area contributed by atoms with Crippen molar-refractivity contribution in [2.24, 2.45) is 5.73 Å². The van der Waals surface area contributed by atoms with Crippen LogP contribution in [-0.4, -0.2) is 35.6 Å². The molecule has 0 unspecified atom stereocenters. The SMILES string of the molecule is NC(CO)(CO)CCc1ccc(OCCCCc2ccc(Br)cc2)cc1. The number of hydrogen-bond acceptors (Lipinski definition) is 4. The van der Waals surface area contributed by atoms with Crippen molar-refractivity contribution in [1.82, 2.24) is 0 Å². The average molecular weight is 422 g/mol. The van der Waals surface area contributed by atoms with Gasteiger partial charge in [0.2, 0.25) is 0 Å². The molecule has 0 spiro atoms. The van der Waals surface area contributed by atoms with Crippen LogP contribution < -0.4 is 10.5 Å². The summed E-state index contributed by atoms with van der Waals surface area (Å²) >= 11 is 3.45. The number of aryl methyl sites for hydroxylation is 2. The average Bonchev–Trinajstić information content (AvgIpc) is 2.68. The maximum Gasteiger partial charge on any atom is 0.119 e. The van der Waals surface area contributed by atoms with Gasteiger partial charge in [0.1, 0.15) is 5.75 Å². The third-order valence-electron chi connectivity index (χ3n) is 4.51. The van der Waals surface area contributed by atoms with Crippen molar-refractivity contribution in [2.75, 3.05) is 19.8 Å². The predicted molar refractivity (Wildman–Crippen MR) is 108 cm³/mol. The van der Waals surface area contributed by atoms with Gasteiger partial charge in [0.25, 0.3) is 0 Å². The number of benzene rings is 2. The molecule has 4 nitrogen and oxygen atoms in total. The first kappa shape index (κ1) is 20.9. The standard InChI is InChI=1S/C21H28BrNO3/c22-19-8-4-17(5-9-19)3-1-2-14-26-20-10-6-18(7-11-20)12-13-21(23,15-24)16-25/h4-11,24-25H,1-3,12-16,23H2. The van der Waals surface area contributed by atoms with Crippen molar-refractivity contribution in [2.45, 2.75) is 37.6 Å². The smallest absolute Gasteiger partial charge is 0.119 e. The van der Waals surface area contributed by atoms with Gasteiger partial charge in [-0.1, -0.05) is 40.2 Å². The molecule has 0 amide bonds. The van der Waals surface area contributed by atoms with E-state index in [0.29, 0.717) is 19.4 Å². The fourth-order valence-electron chi connectivity index (χ4n) is 2.63. The van der Waals surface area contributed by atoms with E-state index >= 15 is 0 Å². The molecule has 2 aromatic carbocycles. The third kappa shape index (κ3) is 7.08. The summed E-state index contributed by atoms with van der Waals surface area (Å²) in [6.45, 7) is 0.271. The van der Waals surface area contributed by atoms with Gasteiger partial charge in [-0.15, -0.1) is 0 Å². The number of ether oxygens (including phenoxy) is 1. The van der Waals surface area contributed by atoms with Crippen molar-refractivity contribution < 1.29 is 14.9 Å². The van der Waals surface area contributed by atoms with Crippen LogP contribution >= 0.6 is 15.9 Å². The van der Waals surface area contributed by atoms with Gasteiger partial charge in [0, 0.05) is 4.47 Å². The molecule has 0 radical (unpaired) electrons. The highest BCUT2D eigenvalue weighted by Gasteiger charge is 2.22. The molecular weight excluding hydrogens is 394 g/mol. The van der Waals surface area contributed by atoms with E-state index in [1.807, 2.05) is 24.3 Å². The van der Waals surface area contributed by atoms with Crippen LogP contribution in [0.5, 0.6) is 5.75 Å². The van der Waals surface area contributed by atoms with E-state index in [2.05, 4.69) is 40.2 Å². The Labute approximate surface area is 164 Å². The van der Waals surface area contributed by atoms with Crippen LogP contribution in [-0.2, 0) is 12.8 Å². The quantitative estimate of drug-likeness (QED) is 0.485. The minimum absolute atomic E-state index is 0.217. The number of halogens is 1. The lowest BCUT2D eigenvalue weighted by molar-refractivity contribution is 0.115. The monoisotopic (exact) mass is 421 g/mol. The molecule has 4 N–H and O–H groups in total. The van der Waals surface area contributed by atoms with Gasteiger partial charge in [-0.2, -0.15) is 0 Å². The molecule has 0 bridgehead atoms. The highest BCUT2D eigenvalue weighted by Crippen LogP contribution is 2.17. The Hall–Kier alpha value is -1.40. The maximum absolute atomic E-state index is 9.23. The summed E-state index contributed by atoms with van der Waals surface area (Å²) in [5.41, 5.74) is 7.44. The lowest BCUT2D eigenvalue weighted by atomic mass is 9.94. The molecule has 2 aromatic rings. The van der Waals surface area contributed by atoms with Gasteiger partial charge in [-0.25, -0.2) is 0 Å². The second kappa shape index (κ2) is 10.7. The van der Waals surface area contributed by atoms with Crippen LogP contribution in [0.15, 0.2) is 53.0 Å². The number of hydrogen-bond donors (Lipinski definition) is 3. The zero-order chi connectivity index (χ0) is 18.8. The van der Waals surface area contributed by atoms with Crippen molar-refractivity contribution in [1.29, 1.82) is 0 Å². The van der Waals surface area contributed by atoms with Crippen LogP contribution in [0.25, 0.3) is 0 Å². The Morgan fingerprint density at radius 2 is 1.42 bits per heavy atom. The maximum atomic E-state index is 9.23. The number of aliphatic hydroxyl groups is 2. The zero-order valence-corrected chi connectivity index (χ0v) is 16.6. The molecule has 0 aliphatic heterocycles. The van der Waals surface area contributed by atoms with Gasteiger partial charge >= 0.3 is 0 Å². The molecule has 2 rings (SSSR count). The summed E-state index contributed by atoms with van der Waals surface area (Å²) in [5, 5.41) is 18.5. The van der Waals surface area contributed by atoms with Crippen molar-refractivity contribution in [3.05, 3.63) is 64.1 Å². The first-order valence-electron chi connectivity index (χ1n) is 9.01. The summed E-state index contributed by atoms with van der Waals surface area (Å²) in [4.78, 5) is 0. The Kier molecular flexibility index (Phi) is 8.59. The van der Waals surface area contributed by atoms with Crippen LogP contribution in [0, 0.1) is 0 Å². The molecule has 0 aliphatic rings. The predicted octanol–water partition coefficient (Wildman–Crippen LogP) is 3.47. The normalized spacial score (nSPS) is 11.5. The van der Waals surface area contributed by atoms with Gasteiger partial charge in [0.15, 0.2) is 0 Å². The lowest BCUT2D eigenvalue weighted by Gasteiger charge is -2.24. The first-order valence-corrected chi connectivity index (χ1v) is 9.81. The van der Waals surface area contributed by atoms with E-state index in [0.717, 1.165) is 35.0 Å². The fourth-order valence-corrected chi connectivity index (χ4v) is 2.89. The number of aliphatic hydroxyl groups excluding tert-OH is 2. The molecule has 0 atom stereocenters. The second-order valence-electron chi connectivity index (χ2n) is 6.75. The molecule has 5 heteroatoms. The zero-order valence-electron chi connectivity index (χ0n) is 15.0. The number of unbranched alkanes of at least 4 members (excludes halogenated alkanes) is 1. The Morgan fingerprint density at radius 1 is 0.846 bits per heavy atom. The Morgan fingerprint density at radius 3 is 2.04 bits per heavy atom. The van der Waals surface area contributed by atoms with Crippen molar-refractivity contribution >= 4 is 15.9 Å². The molecular formula is C21H28BrNO3. The molecule has 26 heavy (non-hydrogen) atoms. The second-order valence-corrected chi connectivity index (χ2v) is 7.67. The molecule has 0 saturated heterocycles. The van der Waals surface area contributed by atoms with E-state index in [1.165, 1.54) is 5.56 Å². The third-order valence-corrected chi connectivity index (χ3v) is 5.04.